The summed E-state index contributed by atoms with van der Waals surface area (Å²) in [6.45, 7) is 3.94. The predicted octanol–water partition coefficient (Wildman–Crippen LogP) is 4.33. The minimum Gasteiger partial charge on any atom is -0.444 e. The van der Waals surface area contributed by atoms with Crippen molar-refractivity contribution >= 4 is 44.0 Å². The normalized spacial score (nSPS) is 13.2. The molecule has 3 aromatic rings. The number of hydrogen-bond donors (Lipinski definition) is 2. The topological polar surface area (TPSA) is 105 Å². The number of anilines is 2. The third-order valence-electron chi connectivity index (χ3n) is 4.93. The lowest BCUT2D eigenvalue weighted by molar-refractivity contribution is -0.111. The van der Waals surface area contributed by atoms with E-state index >= 15 is 0 Å². The first-order valence-corrected chi connectivity index (χ1v) is 12.2. The lowest BCUT2D eigenvalue weighted by Crippen LogP contribution is -2.26. The van der Waals surface area contributed by atoms with Gasteiger partial charge in [-0.2, -0.15) is 4.31 Å². The average molecular weight is 484 g/mol. The molecule has 0 spiro atoms. The number of benzene rings is 2. The first-order chi connectivity index (χ1) is 15.8. The SMILES string of the molecule is C=CC(=O)Nc1cc2c(s1)CN(S(=O)(=O)c1cccc(NC(=O)OCc3ccccc3)c1)C2. The number of thiophene rings is 1. The fourth-order valence-corrected chi connectivity index (χ4v) is 5.91. The van der Waals surface area contributed by atoms with Crippen LogP contribution in [0.2, 0.25) is 0 Å². The van der Waals surface area contributed by atoms with Gasteiger partial charge in [-0.05, 0) is 41.5 Å². The van der Waals surface area contributed by atoms with Crippen molar-refractivity contribution < 1.29 is 22.7 Å². The van der Waals surface area contributed by atoms with Gasteiger partial charge in [0.15, 0.2) is 0 Å². The third-order valence-corrected chi connectivity index (χ3v) is 7.79. The van der Waals surface area contributed by atoms with Gasteiger partial charge >= 0.3 is 6.09 Å². The van der Waals surface area contributed by atoms with Crippen LogP contribution in [0.1, 0.15) is 16.0 Å². The molecule has 2 N–H and O–H groups in total. The van der Waals surface area contributed by atoms with Gasteiger partial charge < -0.3 is 10.1 Å². The Labute approximate surface area is 195 Å². The van der Waals surface area contributed by atoms with Crippen LogP contribution < -0.4 is 10.6 Å². The van der Waals surface area contributed by atoms with Gasteiger partial charge in [-0.25, -0.2) is 13.2 Å². The molecule has 10 heteroatoms. The van der Waals surface area contributed by atoms with Crippen molar-refractivity contribution in [1.29, 1.82) is 0 Å². The molecule has 0 fully saturated rings. The summed E-state index contributed by atoms with van der Waals surface area (Å²) in [5.41, 5.74) is 2.01. The summed E-state index contributed by atoms with van der Waals surface area (Å²) in [6, 6.07) is 17.1. The first-order valence-electron chi connectivity index (χ1n) is 9.98. The van der Waals surface area contributed by atoms with Gasteiger partial charge in [-0.1, -0.05) is 43.0 Å². The molecule has 0 saturated heterocycles. The molecule has 33 heavy (non-hydrogen) atoms. The van der Waals surface area contributed by atoms with Crippen molar-refractivity contribution in [3.8, 4) is 0 Å². The minimum atomic E-state index is -3.79. The lowest BCUT2D eigenvalue weighted by atomic mass is 10.2. The van der Waals surface area contributed by atoms with Gasteiger partial charge in [0.05, 0.1) is 9.90 Å². The Morgan fingerprint density at radius 1 is 1.06 bits per heavy atom. The van der Waals surface area contributed by atoms with E-state index in [-0.39, 0.29) is 30.5 Å². The van der Waals surface area contributed by atoms with Crippen LogP contribution in [0, 0.1) is 0 Å². The molecule has 2 amide bonds. The molecule has 8 nitrogen and oxygen atoms in total. The molecular formula is C23H21N3O5S2. The monoisotopic (exact) mass is 483 g/mol. The first kappa shape index (κ1) is 22.7. The van der Waals surface area contributed by atoms with Crippen LogP contribution in [-0.2, 0) is 39.3 Å². The molecule has 1 aliphatic rings. The van der Waals surface area contributed by atoms with Gasteiger partial charge in [0.2, 0.25) is 15.9 Å². The van der Waals surface area contributed by atoms with Gasteiger partial charge in [0.1, 0.15) is 6.61 Å². The van der Waals surface area contributed by atoms with Crippen LogP contribution in [0.3, 0.4) is 0 Å². The van der Waals surface area contributed by atoms with Crippen LogP contribution in [0.4, 0.5) is 15.5 Å². The van der Waals surface area contributed by atoms with E-state index in [1.165, 1.54) is 33.9 Å². The van der Waals surface area contributed by atoms with Crippen molar-refractivity contribution in [3.05, 3.63) is 89.3 Å². The third kappa shape index (κ3) is 5.30. The zero-order valence-electron chi connectivity index (χ0n) is 17.5. The average Bonchev–Trinajstić information content (AvgIpc) is 3.38. The Hall–Kier alpha value is -3.47. The molecule has 0 saturated carbocycles. The van der Waals surface area contributed by atoms with E-state index in [0.29, 0.717) is 10.7 Å². The number of hydrogen-bond acceptors (Lipinski definition) is 6. The zero-order chi connectivity index (χ0) is 23.4. The largest absolute Gasteiger partial charge is 0.444 e. The highest BCUT2D eigenvalue weighted by Crippen LogP contribution is 2.37. The van der Waals surface area contributed by atoms with Crippen molar-refractivity contribution in [2.45, 2.75) is 24.6 Å². The Balaban J connectivity index is 1.40. The van der Waals surface area contributed by atoms with E-state index < -0.39 is 16.1 Å². The van der Waals surface area contributed by atoms with Crippen molar-refractivity contribution in [1.82, 2.24) is 4.31 Å². The molecule has 0 unspecified atom stereocenters. The molecule has 0 bridgehead atoms. The van der Waals surface area contributed by atoms with E-state index in [4.69, 9.17) is 4.74 Å². The van der Waals surface area contributed by atoms with E-state index in [2.05, 4.69) is 17.2 Å². The van der Waals surface area contributed by atoms with E-state index in [9.17, 15) is 18.0 Å². The Bertz CT molecular complexity index is 1280. The highest BCUT2D eigenvalue weighted by Gasteiger charge is 2.32. The maximum Gasteiger partial charge on any atom is 0.411 e. The number of nitrogens with zero attached hydrogens (tertiary/aromatic N) is 1. The fraction of sp³-hybridized carbons (Fsp3) is 0.130. The van der Waals surface area contributed by atoms with E-state index in [0.717, 1.165) is 16.0 Å². The minimum absolute atomic E-state index is 0.0682. The second-order valence-corrected chi connectivity index (χ2v) is 10.3. The molecule has 2 aromatic carbocycles. The predicted molar refractivity (Wildman–Crippen MR) is 126 cm³/mol. The maximum absolute atomic E-state index is 13.2. The summed E-state index contributed by atoms with van der Waals surface area (Å²) in [5, 5.41) is 5.92. The van der Waals surface area contributed by atoms with Crippen molar-refractivity contribution in [3.63, 3.8) is 0 Å². The van der Waals surface area contributed by atoms with Crippen LogP contribution >= 0.6 is 11.3 Å². The van der Waals surface area contributed by atoms with Gasteiger partial charge in [-0.3, -0.25) is 10.1 Å². The van der Waals surface area contributed by atoms with Crippen molar-refractivity contribution in [2.75, 3.05) is 10.6 Å². The summed E-state index contributed by atoms with van der Waals surface area (Å²) < 4.78 is 32.9. The van der Waals surface area contributed by atoms with Crippen LogP contribution in [0.5, 0.6) is 0 Å². The highest BCUT2D eigenvalue weighted by atomic mass is 32.2. The number of sulfonamides is 1. The lowest BCUT2D eigenvalue weighted by Gasteiger charge is -2.16. The number of amides is 2. The molecule has 0 aliphatic carbocycles. The highest BCUT2D eigenvalue weighted by molar-refractivity contribution is 7.89. The van der Waals surface area contributed by atoms with E-state index in [1.54, 1.807) is 18.2 Å². The van der Waals surface area contributed by atoms with E-state index in [1.807, 2.05) is 30.3 Å². The Kier molecular flexibility index (Phi) is 6.59. The second kappa shape index (κ2) is 9.57. The smallest absolute Gasteiger partial charge is 0.411 e. The molecular weight excluding hydrogens is 462 g/mol. The molecule has 1 aliphatic heterocycles. The summed E-state index contributed by atoms with van der Waals surface area (Å²) in [6.07, 6.45) is 0.505. The second-order valence-electron chi connectivity index (χ2n) is 7.24. The maximum atomic E-state index is 13.2. The molecule has 4 rings (SSSR count). The number of nitrogens with one attached hydrogen (secondary N) is 2. The van der Waals surface area contributed by atoms with Crippen LogP contribution in [-0.4, -0.2) is 24.7 Å². The van der Waals surface area contributed by atoms with Crippen LogP contribution in [0.25, 0.3) is 0 Å². The van der Waals surface area contributed by atoms with Crippen molar-refractivity contribution in [2.24, 2.45) is 0 Å². The van der Waals surface area contributed by atoms with Gasteiger partial charge in [0, 0.05) is 23.7 Å². The summed E-state index contributed by atoms with van der Waals surface area (Å²) >= 11 is 1.34. The number of ether oxygens (including phenoxy) is 1. The van der Waals surface area contributed by atoms with Gasteiger partial charge in [-0.15, -0.1) is 11.3 Å². The number of carbonyl (C=O) groups excluding carboxylic acids is 2. The Morgan fingerprint density at radius 2 is 1.85 bits per heavy atom. The fourth-order valence-electron chi connectivity index (χ4n) is 3.30. The zero-order valence-corrected chi connectivity index (χ0v) is 19.1. The standard InChI is InChI=1S/C23H21N3O5S2/c1-2-21(27)25-22-11-17-13-26(14-20(17)32-22)33(29,30)19-10-6-9-18(12-19)24-23(28)31-15-16-7-4-3-5-8-16/h2-12H,1,13-15H2,(H,24,28)(H,25,27). The number of carbonyl (C=O) groups is 2. The van der Waals surface area contributed by atoms with Crippen LogP contribution in [0.15, 0.2) is 78.2 Å². The Morgan fingerprint density at radius 3 is 2.58 bits per heavy atom. The summed E-state index contributed by atoms with van der Waals surface area (Å²) in [5.74, 6) is -0.314. The molecule has 1 aromatic heterocycles. The summed E-state index contributed by atoms with van der Waals surface area (Å²) in [7, 11) is -3.79. The number of fused-ring (bicyclic) bond motifs is 1. The van der Waals surface area contributed by atoms with Gasteiger partial charge in [0.25, 0.3) is 0 Å². The number of rotatable bonds is 7. The quantitative estimate of drug-likeness (QED) is 0.487. The molecule has 2 heterocycles. The molecule has 0 atom stereocenters. The summed E-state index contributed by atoms with van der Waals surface area (Å²) in [4.78, 5) is 24.5. The molecule has 0 radical (unpaired) electrons. The molecule has 170 valence electrons.